The van der Waals surface area contributed by atoms with Gasteiger partial charge in [0.15, 0.2) is 0 Å². The summed E-state index contributed by atoms with van der Waals surface area (Å²) in [5, 5.41) is 3.00. The minimum absolute atomic E-state index is 0.0689. The van der Waals surface area contributed by atoms with Crippen molar-refractivity contribution in [2.24, 2.45) is 0 Å². The number of fused-ring (bicyclic) bond motifs is 1. The summed E-state index contributed by atoms with van der Waals surface area (Å²) in [5.74, 6) is 1.69. The van der Waals surface area contributed by atoms with Crippen LogP contribution >= 0.6 is 11.8 Å². The third-order valence-corrected chi connectivity index (χ3v) is 4.23. The number of thioether (sulfide) groups is 1. The maximum Gasteiger partial charge on any atom is 0.231 e. The highest BCUT2D eigenvalue weighted by molar-refractivity contribution is 8.00. The Balaban J connectivity index is 1.82. The van der Waals surface area contributed by atoms with Gasteiger partial charge in [-0.05, 0) is 6.07 Å². The zero-order valence-corrected chi connectivity index (χ0v) is 12.5. The molecular formula is C15H21NO2S. The standard InChI is InChI=1S/C15H21NO2S/c1-15(2,3)19-9-8-16-14(17)12-10-18-13-7-5-4-6-11(12)13/h4-7,12H,8-10H2,1-3H3,(H,16,17)/t12-/m0/s1. The van der Waals surface area contributed by atoms with Crippen LogP contribution in [0, 0.1) is 0 Å². The average molecular weight is 279 g/mol. The number of hydrogen-bond donors (Lipinski definition) is 1. The lowest BCUT2D eigenvalue weighted by molar-refractivity contribution is -0.122. The molecule has 1 N–H and O–H groups in total. The summed E-state index contributed by atoms with van der Waals surface area (Å²) >= 11 is 1.86. The first-order chi connectivity index (χ1) is 8.97. The Hall–Kier alpha value is -1.16. The van der Waals surface area contributed by atoms with Gasteiger partial charge in [-0.3, -0.25) is 4.79 Å². The molecular weight excluding hydrogens is 258 g/mol. The maximum absolute atomic E-state index is 12.1. The number of rotatable bonds is 4. The third-order valence-electron chi connectivity index (χ3n) is 2.95. The van der Waals surface area contributed by atoms with Gasteiger partial charge in [0.1, 0.15) is 18.3 Å². The SMILES string of the molecule is CC(C)(C)SCCNC(=O)[C@H]1COc2ccccc21. The molecule has 1 aromatic rings. The van der Waals surface area contributed by atoms with Crippen molar-refractivity contribution in [1.82, 2.24) is 5.32 Å². The summed E-state index contributed by atoms with van der Waals surface area (Å²) in [6.45, 7) is 7.71. The molecule has 1 atom stereocenters. The lowest BCUT2D eigenvalue weighted by Crippen LogP contribution is -2.32. The molecule has 1 aromatic carbocycles. The molecule has 0 bridgehead atoms. The molecule has 3 nitrogen and oxygen atoms in total. The minimum atomic E-state index is -0.157. The van der Waals surface area contributed by atoms with Crippen molar-refractivity contribution in [1.29, 1.82) is 0 Å². The van der Waals surface area contributed by atoms with Gasteiger partial charge in [-0.25, -0.2) is 0 Å². The minimum Gasteiger partial charge on any atom is -0.492 e. The number of ether oxygens (including phenoxy) is 1. The van der Waals surface area contributed by atoms with Gasteiger partial charge in [0, 0.05) is 22.6 Å². The van der Waals surface area contributed by atoms with E-state index in [1.807, 2.05) is 36.0 Å². The molecule has 0 aliphatic carbocycles. The molecule has 0 radical (unpaired) electrons. The molecule has 1 amide bonds. The van der Waals surface area contributed by atoms with Gasteiger partial charge in [0.05, 0.1) is 0 Å². The fourth-order valence-electron chi connectivity index (χ4n) is 2.03. The molecule has 0 saturated carbocycles. The van der Waals surface area contributed by atoms with E-state index in [1.165, 1.54) is 0 Å². The summed E-state index contributed by atoms with van der Waals surface area (Å²) in [6, 6.07) is 7.76. The van der Waals surface area contributed by atoms with Crippen LogP contribution in [0.1, 0.15) is 32.3 Å². The van der Waals surface area contributed by atoms with Crippen LogP contribution < -0.4 is 10.1 Å². The first kappa shape index (κ1) is 14.3. The Kier molecular flexibility index (Phi) is 4.40. The summed E-state index contributed by atoms with van der Waals surface area (Å²) in [5.41, 5.74) is 1.00. The molecule has 0 fully saturated rings. The first-order valence-electron chi connectivity index (χ1n) is 6.61. The van der Waals surface area contributed by atoms with Crippen LogP contribution in [0.3, 0.4) is 0 Å². The second-order valence-electron chi connectivity index (χ2n) is 5.65. The number of carbonyl (C=O) groups excluding carboxylic acids is 1. The predicted octanol–water partition coefficient (Wildman–Crippen LogP) is 2.81. The average Bonchev–Trinajstić information content (AvgIpc) is 2.77. The monoisotopic (exact) mass is 279 g/mol. The highest BCUT2D eigenvalue weighted by Gasteiger charge is 2.29. The molecule has 1 heterocycles. The Bertz CT molecular complexity index is 454. The van der Waals surface area contributed by atoms with Crippen LogP contribution in [-0.2, 0) is 4.79 Å². The zero-order valence-electron chi connectivity index (χ0n) is 11.7. The van der Waals surface area contributed by atoms with Gasteiger partial charge in [0.2, 0.25) is 5.91 Å². The summed E-state index contributed by atoms with van der Waals surface area (Å²) < 4.78 is 5.77. The molecule has 2 rings (SSSR count). The van der Waals surface area contributed by atoms with Gasteiger partial charge in [-0.2, -0.15) is 11.8 Å². The van der Waals surface area contributed by atoms with E-state index < -0.39 is 0 Å². The largest absolute Gasteiger partial charge is 0.492 e. The highest BCUT2D eigenvalue weighted by atomic mass is 32.2. The smallest absolute Gasteiger partial charge is 0.231 e. The molecule has 19 heavy (non-hydrogen) atoms. The third kappa shape index (κ3) is 3.90. The van der Waals surface area contributed by atoms with Crippen LogP contribution in [0.25, 0.3) is 0 Å². The second kappa shape index (κ2) is 5.87. The van der Waals surface area contributed by atoms with E-state index in [0.29, 0.717) is 13.2 Å². The topological polar surface area (TPSA) is 38.3 Å². The molecule has 4 heteroatoms. The van der Waals surface area contributed by atoms with E-state index in [1.54, 1.807) is 0 Å². The molecule has 0 aromatic heterocycles. The molecule has 0 unspecified atom stereocenters. The van der Waals surface area contributed by atoms with Crippen LogP contribution in [-0.4, -0.2) is 29.6 Å². The number of hydrogen-bond acceptors (Lipinski definition) is 3. The van der Waals surface area contributed by atoms with E-state index in [0.717, 1.165) is 17.1 Å². The van der Waals surface area contributed by atoms with Gasteiger partial charge in [-0.15, -0.1) is 0 Å². The number of amides is 1. The Morgan fingerprint density at radius 2 is 2.16 bits per heavy atom. The Morgan fingerprint density at radius 3 is 2.89 bits per heavy atom. The van der Waals surface area contributed by atoms with Gasteiger partial charge in [0.25, 0.3) is 0 Å². The quantitative estimate of drug-likeness (QED) is 0.861. The van der Waals surface area contributed by atoms with E-state index in [4.69, 9.17) is 4.74 Å². The van der Waals surface area contributed by atoms with Crippen molar-refractivity contribution >= 4 is 17.7 Å². The highest BCUT2D eigenvalue weighted by Crippen LogP contribution is 2.33. The molecule has 1 aliphatic heterocycles. The van der Waals surface area contributed by atoms with Crippen molar-refractivity contribution in [2.45, 2.75) is 31.4 Å². The number of para-hydroxylation sites is 1. The summed E-state index contributed by atoms with van der Waals surface area (Å²) in [4.78, 5) is 12.1. The molecule has 0 saturated heterocycles. The van der Waals surface area contributed by atoms with E-state index in [2.05, 4.69) is 26.1 Å². The lowest BCUT2D eigenvalue weighted by atomic mass is 10.0. The number of carbonyl (C=O) groups is 1. The fraction of sp³-hybridized carbons (Fsp3) is 0.533. The molecule has 1 aliphatic rings. The van der Waals surface area contributed by atoms with Gasteiger partial charge < -0.3 is 10.1 Å². The van der Waals surface area contributed by atoms with Crippen LogP contribution in [0.15, 0.2) is 24.3 Å². The van der Waals surface area contributed by atoms with Crippen molar-refractivity contribution in [3.8, 4) is 5.75 Å². The molecule has 0 spiro atoms. The lowest BCUT2D eigenvalue weighted by Gasteiger charge is -2.18. The predicted molar refractivity (Wildman–Crippen MR) is 79.9 cm³/mol. The van der Waals surface area contributed by atoms with Crippen molar-refractivity contribution in [3.63, 3.8) is 0 Å². The normalized spacial score (nSPS) is 17.7. The maximum atomic E-state index is 12.1. The van der Waals surface area contributed by atoms with E-state index in [-0.39, 0.29) is 16.6 Å². The second-order valence-corrected chi connectivity index (χ2v) is 7.57. The first-order valence-corrected chi connectivity index (χ1v) is 7.59. The fourth-order valence-corrected chi connectivity index (χ4v) is 2.85. The van der Waals surface area contributed by atoms with Crippen LogP contribution in [0.2, 0.25) is 0 Å². The van der Waals surface area contributed by atoms with Crippen molar-refractivity contribution in [3.05, 3.63) is 29.8 Å². The Labute approximate surface area is 119 Å². The molecule has 104 valence electrons. The zero-order chi connectivity index (χ0) is 13.9. The van der Waals surface area contributed by atoms with Crippen LogP contribution in [0.5, 0.6) is 5.75 Å². The summed E-state index contributed by atoms with van der Waals surface area (Å²) in [7, 11) is 0. The van der Waals surface area contributed by atoms with Crippen molar-refractivity contribution < 1.29 is 9.53 Å². The number of nitrogens with one attached hydrogen (secondary N) is 1. The Morgan fingerprint density at radius 1 is 1.42 bits per heavy atom. The van der Waals surface area contributed by atoms with Crippen LogP contribution in [0.4, 0.5) is 0 Å². The number of benzene rings is 1. The van der Waals surface area contributed by atoms with E-state index >= 15 is 0 Å². The van der Waals surface area contributed by atoms with Crippen molar-refractivity contribution in [2.75, 3.05) is 18.9 Å². The van der Waals surface area contributed by atoms with Gasteiger partial charge in [-0.1, -0.05) is 39.0 Å². The van der Waals surface area contributed by atoms with Gasteiger partial charge >= 0.3 is 0 Å². The summed E-state index contributed by atoms with van der Waals surface area (Å²) in [6.07, 6.45) is 0. The van der Waals surface area contributed by atoms with E-state index in [9.17, 15) is 4.79 Å².